The van der Waals surface area contributed by atoms with Crippen molar-refractivity contribution < 1.29 is 0 Å². The average Bonchev–Trinajstić information content (AvgIpc) is 3.02. The van der Waals surface area contributed by atoms with Crippen LogP contribution in [0.1, 0.15) is 43.6 Å². The molecule has 39 heavy (non-hydrogen) atoms. The van der Waals surface area contributed by atoms with Gasteiger partial charge in [0, 0.05) is 34.1 Å². The lowest BCUT2D eigenvalue weighted by molar-refractivity contribution is 0.444. The summed E-state index contributed by atoms with van der Waals surface area (Å²) in [5, 5.41) is 0. The Balaban J connectivity index is 1.47. The van der Waals surface area contributed by atoms with Gasteiger partial charge in [-0.15, -0.1) is 0 Å². The first kappa shape index (κ1) is 22.7. The fourth-order valence-electron chi connectivity index (χ4n) is 7.30. The van der Waals surface area contributed by atoms with Crippen molar-refractivity contribution in [2.75, 3.05) is 9.80 Å². The average molecular weight is 502 g/mol. The van der Waals surface area contributed by atoms with Crippen LogP contribution in [-0.2, 0) is 0 Å². The molecule has 0 radical (unpaired) electrons. The number of para-hydroxylation sites is 4. The number of rotatable bonds is 3. The maximum atomic E-state index is 2.54. The van der Waals surface area contributed by atoms with E-state index in [1.165, 1.54) is 88.2 Å². The summed E-state index contributed by atoms with van der Waals surface area (Å²) in [6, 6.07) is 45.1. The van der Waals surface area contributed by atoms with Crippen LogP contribution in [0.5, 0.6) is 0 Å². The van der Waals surface area contributed by atoms with Crippen molar-refractivity contribution in [1.82, 2.24) is 0 Å². The van der Waals surface area contributed by atoms with Gasteiger partial charge in [0.15, 0.2) is 0 Å². The first-order chi connectivity index (χ1) is 19.4. The molecule has 188 valence electrons. The van der Waals surface area contributed by atoms with E-state index < -0.39 is 0 Å². The van der Waals surface area contributed by atoms with Gasteiger partial charge >= 0.3 is 0 Å². The minimum atomic E-state index is 0.197. The van der Waals surface area contributed by atoms with E-state index in [-0.39, 0.29) is 6.71 Å². The highest BCUT2D eigenvalue weighted by atomic mass is 15.2. The zero-order valence-electron chi connectivity index (χ0n) is 22.1. The number of hydrogen-bond donors (Lipinski definition) is 0. The molecule has 3 heteroatoms. The predicted octanol–water partition coefficient (Wildman–Crippen LogP) is 7.82. The molecule has 5 aromatic carbocycles. The molecule has 2 aliphatic heterocycles. The molecule has 2 heterocycles. The Morgan fingerprint density at radius 2 is 0.949 bits per heavy atom. The highest BCUT2D eigenvalue weighted by Crippen LogP contribution is 2.46. The standard InChI is InChI=1S/C36H31BN2/c1-4-14-26(15-5-1)27-24-34-36-35(25-27)39(29-18-8-3-9-19-29)33-23-13-11-21-31(33)37(36)30-20-10-12-22-32(30)38(34)28-16-6-2-7-17-28/h2-3,6-13,16-26H,1,4-5,14-15H2. The van der Waals surface area contributed by atoms with Crippen LogP contribution in [0.3, 0.4) is 0 Å². The van der Waals surface area contributed by atoms with Crippen molar-refractivity contribution in [3.05, 3.63) is 127 Å². The molecule has 3 aliphatic rings. The van der Waals surface area contributed by atoms with E-state index in [0.717, 1.165) is 0 Å². The molecular formula is C36H31BN2. The molecule has 8 rings (SSSR count). The van der Waals surface area contributed by atoms with E-state index in [0.29, 0.717) is 5.92 Å². The first-order valence-corrected chi connectivity index (χ1v) is 14.4. The quantitative estimate of drug-likeness (QED) is 0.227. The molecule has 0 spiro atoms. The summed E-state index contributed by atoms with van der Waals surface area (Å²) in [7, 11) is 0. The second kappa shape index (κ2) is 9.20. The minimum Gasteiger partial charge on any atom is -0.311 e. The minimum absolute atomic E-state index is 0.197. The van der Waals surface area contributed by atoms with Gasteiger partial charge in [-0.3, -0.25) is 0 Å². The summed E-state index contributed by atoms with van der Waals surface area (Å²) in [5.74, 6) is 0.614. The number of fused-ring (bicyclic) bond motifs is 4. The van der Waals surface area contributed by atoms with Gasteiger partial charge < -0.3 is 9.80 Å². The lowest BCUT2D eigenvalue weighted by Crippen LogP contribution is -2.61. The summed E-state index contributed by atoms with van der Waals surface area (Å²) in [4.78, 5) is 5.04. The molecule has 1 aliphatic carbocycles. The fourth-order valence-corrected chi connectivity index (χ4v) is 7.30. The lowest BCUT2D eigenvalue weighted by atomic mass is 9.33. The van der Waals surface area contributed by atoms with Gasteiger partial charge in [0.2, 0.25) is 0 Å². The van der Waals surface area contributed by atoms with Crippen LogP contribution < -0.4 is 26.2 Å². The lowest BCUT2D eigenvalue weighted by Gasteiger charge is -2.44. The van der Waals surface area contributed by atoms with E-state index >= 15 is 0 Å². The van der Waals surface area contributed by atoms with Crippen molar-refractivity contribution in [3.8, 4) is 0 Å². The third-order valence-electron chi connectivity index (χ3n) is 9.01. The van der Waals surface area contributed by atoms with Crippen LogP contribution in [0.4, 0.5) is 34.1 Å². The van der Waals surface area contributed by atoms with Crippen LogP contribution in [-0.4, -0.2) is 6.71 Å². The largest absolute Gasteiger partial charge is 0.311 e. The zero-order chi connectivity index (χ0) is 25.8. The topological polar surface area (TPSA) is 6.48 Å². The van der Waals surface area contributed by atoms with E-state index in [2.05, 4.69) is 131 Å². The smallest absolute Gasteiger partial charge is 0.252 e. The molecule has 0 atom stereocenters. The summed E-state index contributed by atoms with van der Waals surface area (Å²) >= 11 is 0. The molecule has 5 aromatic rings. The highest BCUT2D eigenvalue weighted by Gasteiger charge is 2.43. The first-order valence-electron chi connectivity index (χ1n) is 14.4. The molecule has 0 unspecified atom stereocenters. The van der Waals surface area contributed by atoms with Crippen LogP contribution >= 0.6 is 0 Å². The highest BCUT2D eigenvalue weighted by molar-refractivity contribution is 7.00. The van der Waals surface area contributed by atoms with E-state index in [4.69, 9.17) is 0 Å². The Bertz CT molecular complexity index is 1540. The molecule has 0 saturated heterocycles. The van der Waals surface area contributed by atoms with Crippen molar-refractivity contribution in [2.24, 2.45) is 0 Å². The molecular weight excluding hydrogens is 471 g/mol. The van der Waals surface area contributed by atoms with E-state index in [1.54, 1.807) is 0 Å². The summed E-state index contributed by atoms with van der Waals surface area (Å²) in [6.45, 7) is 0.197. The maximum Gasteiger partial charge on any atom is 0.252 e. The molecule has 0 aromatic heterocycles. The third-order valence-corrected chi connectivity index (χ3v) is 9.01. The van der Waals surface area contributed by atoms with Crippen molar-refractivity contribution in [1.29, 1.82) is 0 Å². The second-order valence-electron chi connectivity index (χ2n) is 11.2. The Labute approximate surface area is 231 Å². The predicted molar refractivity (Wildman–Crippen MR) is 166 cm³/mol. The summed E-state index contributed by atoms with van der Waals surface area (Å²) in [5.41, 5.74) is 13.3. The van der Waals surface area contributed by atoms with Crippen molar-refractivity contribution >= 4 is 57.2 Å². The Morgan fingerprint density at radius 3 is 1.46 bits per heavy atom. The zero-order valence-corrected chi connectivity index (χ0v) is 22.1. The maximum absolute atomic E-state index is 2.54. The molecule has 1 saturated carbocycles. The van der Waals surface area contributed by atoms with Gasteiger partial charge in [0.05, 0.1) is 0 Å². The van der Waals surface area contributed by atoms with Crippen LogP contribution in [0, 0.1) is 0 Å². The van der Waals surface area contributed by atoms with Crippen molar-refractivity contribution in [2.45, 2.75) is 38.0 Å². The number of hydrogen-bond acceptors (Lipinski definition) is 2. The van der Waals surface area contributed by atoms with Crippen LogP contribution in [0.2, 0.25) is 0 Å². The van der Waals surface area contributed by atoms with Gasteiger partial charge in [-0.2, -0.15) is 0 Å². The van der Waals surface area contributed by atoms with E-state index in [1.807, 2.05) is 0 Å². The number of nitrogens with zero attached hydrogens (tertiary/aromatic N) is 2. The SMILES string of the molecule is c1ccc(N2c3ccccc3B3c4ccccc4N(c4ccccc4)c4cc(C5CCCCC5)cc2c43)cc1. The fraction of sp³-hybridized carbons (Fsp3) is 0.167. The van der Waals surface area contributed by atoms with Crippen molar-refractivity contribution in [3.63, 3.8) is 0 Å². The third kappa shape index (κ3) is 3.56. The van der Waals surface area contributed by atoms with Gasteiger partial charge in [0.25, 0.3) is 6.71 Å². The van der Waals surface area contributed by atoms with Gasteiger partial charge in [-0.1, -0.05) is 92.1 Å². The normalized spacial score (nSPS) is 15.9. The molecule has 2 nitrogen and oxygen atoms in total. The van der Waals surface area contributed by atoms with Crippen LogP contribution in [0.15, 0.2) is 121 Å². The second-order valence-corrected chi connectivity index (χ2v) is 11.2. The summed E-state index contributed by atoms with van der Waals surface area (Å²) < 4.78 is 0. The Morgan fingerprint density at radius 1 is 0.487 bits per heavy atom. The molecule has 0 N–H and O–H groups in total. The molecule has 0 amide bonds. The number of anilines is 6. The Hall–Kier alpha value is -4.24. The number of benzene rings is 5. The molecule has 0 bridgehead atoms. The van der Waals surface area contributed by atoms with E-state index in [9.17, 15) is 0 Å². The van der Waals surface area contributed by atoms with Crippen LogP contribution in [0.25, 0.3) is 0 Å². The van der Waals surface area contributed by atoms with Gasteiger partial charge in [-0.25, -0.2) is 0 Å². The Kier molecular flexibility index (Phi) is 5.36. The van der Waals surface area contributed by atoms with Gasteiger partial charge in [-0.05, 0) is 89.2 Å². The van der Waals surface area contributed by atoms with Gasteiger partial charge in [0.1, 0.15) is 0 Å². The molecule has 1 fully saturated rings. The monoisotopic (exact) mass is 502 g/mol. The summed E-state index contributed by atoms with van der Waals surface area (Å²) in [6.07, 6.45) is 6.59.